The summed E-state index contributed by atoms with van der Waals surface area (Å²) in [6.07, 6.45) is 3.21. The fourth-order valence-corrected chi connectivity index (χ4v) is 5.95. The normalized spacial score (nSPS) is 31.4. The molecule has 0 aromatic heterocycles. The summed E-state index contributed by atoms with van der Waals surface area (Å²) in [6, 6.07) is 3.26. The van der Waals surface area contributed by atoms with Crippen molar-refractivity contribution in [2.45, 2.75) is 55.6 Å². The van der Waals surface area contributed by atoms with Crippen molar-refractivity contribution in [3.05, 3.63) is 41.5 Å². The van der Waals surface area contributed by atoms with Crippen LogP contribution in [0.3, 0.4) is 0 Å². The van der Waals surface area contributed by atoms with E-state index < -0.39 is 23.0 Å². The van der Waals surface area contributed by atoms with Crippen LogP contribution in [-0.2, 0) is 22.2 Å². The highest BCUT2D eigenvalue weighted by molar-refractivity contribution is 8.15. The van der Waals surface area contributed by atoms with Gasteiger partial charge in [-0.05, 0) is 55.2 Å². The van der Waals surface area contributed by atoms with Crippen LogP contribution in [0.5, 0.6) is 0 Å². The zero-order valence-corrected chi connectivity index (χ0v) is 17.4. The van der Waals surface area contributed by atoms with E-state index in [1.807, 2.05) is 0 Å². The molecule has 1 aromatic rings. The van der Waals surface area contributed by atoms with Crippen LogP contribution in [0.15, 0.2) is 35.3 Å². The number of thioether (sulfide) groups is 1. The minimum atomic E-state index is -4.43. The number of benzene rings is 1. The van der Waals surface area contributed by atoms with Crippen LogP contribution in [0.4, 0.5) is 18.9 Å². The van der Waals surface area contributed by atoms with Crippen molar-refractivity contribution in [2.24, 2.45) is 16.8 Å². The standard InChI is InChI=1S/C22H22F3N3O2S/c23-22(24,25)14-5-3-12-4-6-15(26-17(12)9-14)18(29)10-19-20(30)28-21(31-19)27-16-8-11-1-2-13(16)7-11/h1-3,5,9,11,13,15-16,19,26H,4,6-8,10H2,(H,27,28,30). The van der Waals surface area contributed by atoms with Crippen molar-refractivity contribution in [1.29, 1.82) is 0 Å². The van der Waals surface area contributed by atoms with Crippen molar-refractivity contribution in [1.82, 2.24) is 5.32 Å². The van der Waals surface area contributed by atoms with E-state index in [9.17, 15) is 22.8 Å². The molecule has 31 heavy (non-hydrogen) atoms. The predicted molar refractivity (Wildman–Crippen MR) is 113 cm³/mol. The van der Waals surface area contributed by atoms with Crippen molar-refractivity contribution in [3.63, 3.8) is 0 Å². The SMILES string of the molecule is O=C(CC1SC(NC2CC3C=CC2C3)=NC1=O)C1CCc2ccc(C(F)(F)F)cc2N1. The van der Waals surface area contributed by atoms with Crippen LogP contribution in [0.25, 0.3) is 0 Å². The molecule has 5 atom stereocenters. The third-order valence-corrected chi connectivity index (χ3v) is 7.66. The maximum Gasteiger partial charge on any atom is 0.416 e. The molecule has 0 radical (unpaired) electrons. The van der Waals surface area contributed by atoms with Gasteiger partial charge in [-0.3, -0.25) is 9.59 Å². The molecule has 0 saturated heterocycles. The van der Waals surface area contributed by atoms with E-state index in [1.165, 1.54) is 17.8 Å². The van der Waals surface area contributed by atoms with Crippen molar-refractivity contribution < 1.29 is 22.8 Å². The summed E-state index contributed by atoms with van der Waals surface area (Å²) in [4.78, 5) is 29.2. The lowest BCUT2D eigenvalue weighted by molar-refractivity contribution is -0.137. The Morgan fingerprint density at radius 2 is 2.10 bits per heavy atom. The first-order valence-corrected chi connectivity index (χ1v) is 11.4. The van der Waals surface area contributed by atoms with Crippen molar-refractivity contribution in [3.8, 4) is 0 Å². The molecule has 1 amide bonds. The zero-order valence-electron chi connectivity index (χ0n) is 16.6. The Labute approximate surface area is 181 Å². The summed E-state index contributed by atoms with van der Waals surface area (Å²) >= 11 is 1.28. The Kier molecular flexibility index (Phi) is 5.11. The number of aliphatic imine (C=N–C) groups is 1. The van der Waals surface area contributed by atoms with Gasteiger partial charge in [-0.25, -0.2) is 0 Å². The molecule has 2 aliphatic carbocycles. The van der Waals surface area contributed by atoms with Gasteiger partial charge in [-0.15, -0.1) is 0 Å². The third kappa shape index (κ3) is 4.12. The number of rotatable bonds is 4. The number of hydrogen-bond donors (Lipinski definition) is 2. The fraction of sp³-hybridized carbons (Fsp3) is 0.500. The molecule has 2 aliphatic heterocycles. The van der Waals surface area contributed by atoms with Crippen molar-refractivity contribution in [2.75, 3.05) is 5.32 Å². The molecule has 2 bridgehead atoms. The number of nitrogens with zero attached hydrogens (tertiary/aromatic N) is 1. The monoisotopic (exact) mass is 449 g/mol. The number of aryl methyl sites for hydroxylation is 1. The highest BCUT2D eigenvalue weighted by Crippen LogP contribution is 2.40. The molecule has 9 heteroatoms. The van der Waals surface area contributed by atoms with Crippen LogP contribution in [0.1, 0.15) is 36.8 Å². The maximum absolute atomic E-state index is 13.0. The van der Waals surface area contributed by atoms with Crippen LogP contribution in [0.2, 0.25) is 0 Å². The molecule has 5 rings (SSSR count). The van der Waals surface area contributed by atoms with E-state index in [0.717, 1.165) is 30.5 Å². The first-order valence-electron chi connectivity index (χ1n) is 10.5. The quantitative estimate of drug-likeness (QED) is 0.682. The Morgan fingerprint density at radius 3 is 2.81 bits per heavy atom. The molecular formula is C22H22F3N3O2S. The number of allylic oxidation sites excluding steroid dienone is 1. The number of hydrogen-bond acceptors (Lipinski definition) is 5. The van der Waals surface area contributed by atoms with Crippen molar-refractivity contribution >= 4 is 34.3 Å². The second-order valence-electron chi connectivity index (χ2n) is 8.67. The Hall–Kier alpha value is -2.29. The van der Waals surface area contributed by atoms with E-state index in [0.29, 0.717) is 35.5 Å². The molecule has 1 saturated carbocycles. The Balaban J connectivity index is 1.18. The number of fused-ring (bicyclic) bond motifs is 3. The molecule has 1 aromatic carbocycles. The molecule has 2 N–H and O–H groups in total. The van der Waals surface area contributed by atoms with E-state index in [-0.39, 0.29) is 24.2 Å². The van der Waals surface area contributed by atoms with Gasteiger partial charge < -0.3 is 10.6 Å². The average molecular weight is 449 g/mol. The third-order valence-electron chi connectivity index (χ3n) is 6.57. The Morgan fingerprint density at radius 1 is 1.26 bits per heavy atom. The van der Waals surface area contributed by atoms with Crippen LogP contribution in [0, 0.1) is 11.8 Å². The lowest BCUT2D eigenvalue weighted by Crippen LogP contribution is -2.36. The van der Waals surface area contributed by atoms with E-state index in [4.69, 9.17) is 0 Å². The maximum atomic E-state index is 13.0. The zero-order chi connectivity index (χ0) is 21.8. The molecule has 5 nitrogen and oxygen atoms in total. The number of carbonyl (C=O) groups excluding carboxylic acids is 2. The first-order chi connectivity index (χ1) is 14.8. The largest absolute Gasteiger partial charge is 0.416 e. The van der Waals surface area contributed by atoms with Gasteiger partial charge in [0.1, 0.15) is 5.25 Å². The van der Waals surface area contributed by atoms with Gasteiger partial charge in [-0.2, -0.15) is 18.2 Å². The number of nitrogens with one attached hydrogen (secondary N) is 2. The van der Waals surface area contributed by atoms with E-state index in [1.54, 1.807) is 0 Å². The minimum absolute atomic E-state index is 0.0146. The summed E-state index contributed by atoms with van der Waals surface area (Å²) in [5.74, 6) is 0.571. The number of carbonyl (C=O) groups is 2. The van der Waals surface area contributed by atoms with Gasteiger partial charge in [0.05, 0.1) is 11.6 Å². The topological polar surface area (TPSA) is 70.6 Å². The molecule has 0 spiro atoms. The first kappa shape index (κ1) is 20.6. The smallest absolute Gasteiger partial charge is 0.375 e. The van der Waals surface area contributed by atoms with Crippen LogP contribution < -0.4 is 10.6 Å². The predicted octanol–water partition coefficient (Wildman–Crippen LogP) is 3.94. The van der Waals surface area contributed by atoms with Crippen LogP contribution >= 0.6 is 11.8 Å². The highest BCUT2D eigenvalue weighted by atomic mass is 32.2. The molecule has 2 heterocycles. The number of Topliss-reactive ketones (excluding diaryl/α,β-unsaturated/α-hetero) is 1. The van der Waals surface area contributed by atoms with Gasteiger partial charge >= 0.3 is 6.18 Å². The number of anilines is 1. The van der Waals surface area contributed by atoms with Gasteiger partial charge in [0.2, 0.25) is 0 Å². The summed E-state index contributed by atoms with van der Waals surface area (Å²) in [5.41, 5.74) is 0.360. The molecule has 164 valence electrons. The average Bonchev–Trinajstić information content (AvgIpc) is 3.43. The van der Waals surface area contributed by atoms with E-state index in [2.05, 4.69) is 27.8 Å². The number of amides is 1. The Bertz CT molecular complexity index is 991. The highest BCUT2D eigenvalue weighted by Gasteiger charge is 2.39. The van der Waals surface area contributed by atoms with Gasteiger partial charge in [0.25, 0.3) is 5.91 Å². The number of amidine groups is 1. The number of ketones is 1. The second kappa shape index (κ2) is 7.69. The lowest BCUT2D eigenvalue weighted by atomic mass is 9.93. The minimum Gasteiger partial charge on any atom is -0.375 e. The molecular weight excluding hydrogens is 427 g/mol. The summed E-state index contributed by atoms with van der Waals surface area (Å²) in [7, 11) is 0. The molecule has 5 unspecified atom stereocenters. The van der Waals surface area contributed by atoms with Crippen LogP contribution in [-0.4, -0.2) is 34.2 Å². The number of halogens is 3. The summed E-state index contributed by atoms with van der Waals surface area (Å²) in [5, 5.41) is 6.32. The van der Waals surface area contributed by atoms with E-state index >= 15 is 0 Å². The fourth-order valence-electron chi connectivity index (χ4n) is 4.92. The molecule has 4 aliphatic rings. The van der Waals surface area contributed by atoms with Gasteiger partial charge in [-0.1, -0.05) is 30.0 Å². The number of alkyl halides is 3. The lowest BCUT2D eigenvalue weighted by Gasteiger charge is -2.27. The summed E-state index contributed by atoms with van der Waals surface area (Å²) < 4.78 is 39.0. The molecule has 1 fully saturated rings. The van der Waals surface area contributed by atoms with Gasteiger partial charge in [0, 0.05) is 18.2 Å². The second-order valence-corrected chi connectivity index (χ2v) is 9.86. The van der Waals surface area contributed by atoms with Gasteiger partial charge in [0.15, 0.2) is 11.0 Å². The summed E-state index contributed by atoms with van der Waals surface area (Å²) in [6.45, 7) is 0.